The summed E-state index contributed by atoms with van der Waals surface area (Å²) in [5.41, 5.74) is 0.512. The van der Waals surface area contributed by atoms with Crippen LogP contribution in [0.2, 0.25) is 0 Å². The molecule has 0 unspecified atom stereocenters. The lowest BCUT2D eigenvalue weighted by Gasteiger charge is -2.09. The molecule has 1 aromatic heterocycles. The zero-order chi connectivity index (χ0) is 16.8. The highest BCUT2D eigenvalue weighted by molar-refractivity contribution is 7.14. The Morgan fingerprint density at radius 2 is 1.83 bits per heavy atom. The molecule has 122 valence electrons. The van der Waals surface area contributed by atoms with Crippen LogP contribution in [0.15, 0.2) is 30.3 Å². The SMILES string of the molecule is COc1ccc(C(=O)NCCc2ccc(C(C)=O)s2)cc1OC. The van der Waals surface area contributed by atoms with Gasteiger partial charge < -0.3 is 14.8 Å². The Kier molecular flexibility index (Phi) is 5.76. The molecule has 6 heteroatoms. The molecular formula is C17H19NO4S. The molecule has 0 saturated carbocycles. The molecule has 1 aromatic carbocycles. The summed E-state index contributed by atoms with van der Waals surface area (Å²) in [5, 5.41) is 2.86. The number of ether oxygens (including phenoxy) is 2. The monoisotopic (exact) mass is 333 g/mol. The van der Waals surface area contributed by atoms with Gasteiger partial charge in [-0.3, -0.25) is 9.59 Å². The normalized spacial score (nSPS) is 10.2. The van der Waals surface area contributed by atoms with E-state index in [4.69, 9.17) is 9.47 Å². The topological polar surface area (TPSA) is 64.6 Å². The fraction of sp³-hybridized carbons (Fsp3) is 0.294. The van der Waals surface area contributed by atoms with E-state index in [9.17, 15) is 9.59 Å². The van der Waals surface area contributed by atoms with Gasteiger partial charge >= 0.3 is 0 Å². The zero-order valence-electron chi connectivity index (χ0n) is 13.3. The molecule has 23 heavy (non-hydrogen) atoms. The molecule has 0 atom stereocenters. The number of methoxy groups -OCH3 is 2. The van der Waals surface area contributed by atoms with E-state index in [1.165, 1.54) is 18.4 Å². The summed E-state index contributed by atoms with van der Waals surface area (Å²) in [6.07, 6.45) is 0.691. The third-order valence-electron chi connectivity index (χ3n) is 3.31. The first kappa shape index (κ1) is 17.0. The second-order valence-corrected chi connectivity index (χ2v) is 6.07. The van der Waals surface area contributed by atoms with Crippen molar-refractivity contribution in [2.45, 2.75) is 13.3 Å². The smallest absolute Gasteiger partial charge is 0.251 e. The van der Waals surface area contributed by atoms with Gasteiger partial charge in [0.05, 0.1) is 19.1 Å². The molecule has 2 rings (SSSR count). The van der Waals surface area contributed by atoms with Crippen molar-refractivity contribution in [1.29, 1.82) is 0 Å². The number of carbonyl (C=O) groups is 2. The van der Waals surface area contributed by atoms with Crippen molar-refractivity contribution in [1.82, 2.24) is 5.32 Å². The van der Waals surface area contributed by atoms with Gasteiger partial charge in [-0.2, -0.15) is 0 Å². The molecule has 2 aromatic rings. The van der Waals surface area contributed by atoms with Crippen LogP contribution in [0.3, 0.4) is 0 Å². The number of hydrogen-bond acceptors (Lipinski definition) is 5. The number of thiophene rings is 1. The first-order chi connectivity index (χ1) is 11.0. The lowest BCUT2D eigenvalue weighted by atomic mass is 10.2. The molecule has 0 bridgehead atoms. The predicted molar refractivity (Wildman–Crippen MR) is 89.9 cm³/mol. The molecule has 0 aliphatic heterocycles. The Morgan fingerprint density at radius 1 is 1.09 bits per heavy atom. The number of carbonyl (C=O) groups excluding carboxylic acids is 2. The van der Waals surface area contributed by atoms with Gasteiger partial charge in [-0.15, -0.1) is 11.3 Å². The first-order valence-corrected chi connectivity index (χ1v) is 7.96. The van der Waals surface area contributed by atoms with Crippen LogP contribution in [0.1, 0.15) is 31.8 Å². The van der Waals surface area contributed by atoms with E-state index in [1.54, 1.807) is 32.2 Å². The summed E-state index contributed by atoms with van der Waals surface area (Å²) in [7, 11) is 3.08. The molecular weight excluding hydrogens is 314 g/mol. The van der Waals surface area contributed by atoms with Gasteiger partial charge in [-0.25, -0.2) is 0 Å². The molecule has 1 heterocycles. The van der Waals surface area contributed by atoms with Crippen LogP contribution in [0.4, 0.5) is 0 Å². The summed E-state index contributed by atoms with van der Waals surface area (Å²) < 4.78 is 10.3. The maximum Gasteiger partial charge on any atom is 0.251 e. The van der Waals surface area contributed by atoms with E-state index in [0.29, 0.717) is 30.0 Å². The van der Waals surface area contributed by atoms with E-state index in [0.717, 1.165) is 9.75 Å². The first-order valence-electron chi connectivity index (χ1n) is 7.15. The molecule has 0 aliphatic carbocycles. The van der Waals surface area contributed by atoms with Crippen LogP contribution in [0.25, 0.3) is 0 Å². The third-order valence-corrected chi connectivity index (χ3v) is 4.56. The molecule has 0 radical (unpaired) electrons. The molecule has 1 N–H and O–H groups in total. The minimum atomic E-state index is -0.172. The van der Waals surface area contributed by atoms with Gasteiger partial charge in [0.25, 0.3) is 5.91 Å². The Bertz CT molecular complexity index is 708. The second kappa shape index (κ2) is 7.78. The zero-order valence-corrected chi connectivity index (χ0v) is 14.2. The maximum absolute atomic E-state index is 12.2. The van der Waals surface area contributed by atoms with Gasteiger partial charge in [0.1, 0.15) is 0 Å². The number of nitrogens with one attached hydrogen (secondary N) is 1. The minimum absolute atomic E-state index is 0.0654. The van der Waals surface area contributed by atoms with E-state index < -0.39 is 0 Å². The van der Waals surface area contributed by atoms with E-state index >= 15 is 0 Å². The highest BCUT2D eigenvalue weighted by atomic mass is 32.1. The Balaban J connectivity index is 1.92. The molecule has 1 amide bonds. The lowest BCUT2D eigenvalue weighted by Crippen LogP contribution is -2.25. The van der Waals surface area contributed by atoms with Gasteiger partial charge in [0.15, 0.2) is 17.3 Å². The van der Waals surface area contributed by atoms with Crippen LogP contribution >= 0.6 is 11.3 Å². The van der Waals surface area contributed by atoms with Gasteiger partial charge in [-0.05, 0) is 43.7 Å². The van der Waals surface area contributed by atoms with Crippen molar-refractivity contribution in [3.05, 3.63) is 45.6 Å². The maximum atomic E-state index is 12.2. The Hall–Kier alpha value is -2.34. The van der Waals surface area contributed by atoms with E-state index in [-0.39, 0.29) is 11.7 Å². The number of rotatable bonds is 7. The number of Topliss-reactive ketones (excluding diaryl/α,β-unsaturated/α-hetero) is 1. The van der Waals surface area contributed by atoms with Crippen LogP contribution in [-0.2, 0) is 6.42 Å². The number of hydrogen-bond donors (Lipinski definition) is 1. The van der Waals surface area contributed by atoms with Crippen molar-refractivity contribution >= 4 is 23.0 Å². The van der Waals surface area contributed by atoms with Crippen molar-refractivity contribution in [2.24, 2.45) is 0 Å². The molecule has 0 spiro atoms. The summed E-state index contributed by atoms with van der Waals surface area (Å²) in [6.45, 7) is 2.06. The molecule has 0 aliphatic rings. The number of ketones is 1. The summed E-state index contributed by atoms with van der Waals surface area (Å²) >= 11 is 1.46. The molecule has 5 nitrogen and oxygen atoms in total. The quantitative estimate of drug-likeness (QED) is 0.791. The average Bonchev–Trinajstić information content (AvgIpc) is 3.03. The van der Waals surface area contributed by atoms with Crippen molar-refractivity contribution < 1.29 is 19.1 Å². The van der Waals surface area contributed by atoms with E-state index in [1.807, 2.05) is 12.1 Å². The average molecular weight is 333 g/mol. The minimum Gasteiger partial charge on any atom is -0.493 e. The summed E-state index contributed by atoms with van der Waals surface area (Å²) in [4.78, 5) is 25.2. The number of amides is 1. The van der Waals surface area contributed by atoms with Crippen LogP contribution < -0.4 is 14.8 Å². The highest BCUT2D eigenvalue weighted by Crippen LogP contribution is 2.27. The van der Waals surface area contributed by atoms with Gasteiger partial charge in [0.2, 0.25) is 0 Å². The van der Waals surface area contributed by atoms with Crippen molar-refractivity contribution in [2.75, 3.05) is 20.8 Å². The summed E-state index contributed by atoms with van der Waals surface area (Å²) in [6, 6.07) is 8.78. The van der Waals surface area contributed by atoms with E-state index in [2.05, 4.69) is 5.32 Å². The lowest BCUT2D eigenvalue weighted by molar-refractivity contribution is 0.0952. The van der Waals surface area contributed by atoms with Crippen molar-refractivity contribution in [3.63, 3.8) is 0 Å². The van der Waals surface area contributed by atoms with Gasteiger partial charge in [-0.1, -0.05) is 0 Å². The Labute approximate surface area is 139 Å². The molecule has 0 fully saturated rings. The van der Waals surface area contributed by atoms with Crippen LogP contribution in [-0.4, -0.2) is 32.5 Å². The highest BCUT2D eigenvalue weighted by Gasteiger charge is 2.11. The standard InChI is InChI=1S/C17H19NO4S/c1-11(19)16-7-5-13(23-16)8-9-18-17(20)12-4-6-14(21-2)15(10-12)22-3/h4-7,10H,8-9H2,1-3H3,(H,18,20). The Morgan fingerprint density at radius 3 is 2.43 bits per heavy atom. The second-order valence-electron chi connectivity index (χ2n) is 4.90. The van der Waals surface area contributed by atoms with Crippen molar-refractivity contribution in [3.8, 4) is 11.5 Å². The summed E-state index contributed by atoms with van der Waals surface area (Å²) in [5.74, 6) is 0.994. The largest absolute Gasteiger partial charge is 0.493 e. The van der Waals surface area contributed by atoms with Crippen LogP contribution in [0.5, 0.6) is 11.5 Å². The fourth-order valence-electron chi connectivity index (χ4n) is 2.08. The van der Waals surface area contributed by atoms with Crippen LogP contribution in [0, 0.1) is 0 Å². The predicted octanol–water partition coefficient (Wildman–Crippen LogP) is 2.94. The molecule has 0 saturated heterocycles. The third kappa shape index (κ3) is 4.32. The number of benzene rings is 1. The fourth-order valence-corrected chi connectivity index (χ4v) is 2.98. The van der Waals surface area contributed by atoms with Gasteiger partial charge in [0, 0.05) is 17.0 Å².